The van der Waals surface area contributed by atoms with E-state index < -0.39 is 0 Å². The zero-order valence-electron chi connectivity index (χ0n) is 8.48. The van der Waals surface area contributed by atoms with Crippen molar-refractivity contribution in [1.82, 2.24) is 0 Å². The van der Waals surface area contributed by atoms with Crippen molar-refractivity contribution < 1.29 is 4.39 Å². The van der Waals surface area contributed by atoms with Gasteiger partial charge in [0.05, 0.1) is 0 Å². The van der Waals surface area contributed by atoms with Crippen LogP contribution >= 0.6 is 12.2 Å². The molecule has 2 N–H and O–H groups in total. The van der Waals surface area contributed by atoms with Crippen molar-refractivity contribution in [1.29, 1.82) is 0 Å². The normalized spacial score (nSPS) is 10.1. The van der Waals surface area contributed by atoms with Crippen LogP contribution in [0.2, 0.25) is 0 Å². The third kappa shape index (κ3) is 2.25. The Kier molecular flexibility index (Phi) is 2.97. The van der Waals surface area contributed by atoms with Crippen molar-refractivity contribution in [2.75, 3.05) is 0 Å². The summed E-state index contributed by atoms with van der Waals surface area (Å²) in [5.74, 6) is -0.240. The molecule has 0 unspecified atom stereocenters. The highest BCUT2D eigenvalue weighted by Crippen LogP contribution is 2.20. The quantitative estimate of drug-likeness (QED) is 0.804. The van der Waals surface area contributed by atoms with Gasteiger partial charge in [-0.2, -0.15) is 0 Å². The molecule has 0 radical (unpaired) electrons. The Balaban J connectivity index is 2.38. The van der Waals surface area contributed by atoms with Crippen molar-refractivity contribution in [2.45, 2.75) is 0 Å². The summed E-state index contributed by atoms with van der Waals surface area (Å²) in [5, 5.41) is 0. The molecule has 0 aliphatic rings. The molecular formula is C13H10FNS. The molecule has 0 aliphatic heterocycles. The van der Waals surface area contributed by atoms with Crippen LogP contribution in [0.3, 0.4) is 0 Å². The number of thiocarbonyl (C=S) groups is 1. The molecule has 0 saturated heterocycles. The average Bonchev–Trinajstić information content (AvgIpc) is 2.29. The fraction of sp³-hybridized carbons (Fsp3) is 0. The minimum Gasteiger partial charge on any atom is -0.389 e. The molecule has 0 aromatic heterocycles. The summed E-state index contributed by atoms with van der Waals surface area (Å²) < 4.78 is 13.0. The molecule has 0 atom stereocenters. The first kappa shape index (κ1) is 10.8. The summed E-state index contributed by atoms with van der Waals surface area (Å²) in [7, 11) is 0. The van der Waals surface area contributed by atoms with Crippen molar-refractivity contribution in [3.63, 3.8) is 0 Å². The molecular weight excluding hydrogens is 221 g/mol. The van der Waals surface area contributed by atoms with Gasteiger partial charge in [-0.25, -0.2) is 4.39 Å². The Hall–Kier alpha value is -1.74. The predicted octanol–water partition coefficient (Wildman–Crippen LogP) is 3.13. The number of rotatable bonds is 2. The Morgan fingerprint density at radius 3 is 2.25 bits per heavy atom. The maximum absolute atomic E-state index is 13.0. The molecule has 0 saturated carbocycles. The van der Waals surface area contributed by atoms with Crippen LogP contribution in [0, 0.1) is 5.82 Å². The van der Waals surface area contributed by atoms with Gasteiger partial charge in [0.2, 0.25) is 0 Å². The van der Waals surface area contributed by atoms with Crippen LogP contribution in [0.25, 0.3) is 11.1 Å². The van der Waals surface area contributed by atoms with E-state index in [0.29, 0.717) is 4.99 Å². The van der Waals surface area contributed by atoms with Gasteiger partial charge in [-0.1, -0.05) is 48.6 Å². The molecule has 16 heavy (non-hydrogen) atoms. The predicted molar refractivity (Wildman–Crippen MR) is 67.7 cm³/mol. The van der Waals surface area contributed by atoms with E-state index in [0.717, 1.165) is 16.7 Å². The van der Waals surface area contributed by atoms with E-state index in [2.05, 4.69) is 0 Å². The SMILES string of the molecule is NC(=S)c1ccc(-c2cccc(F)c2)cc1. The molecule has 0 bridgehead atoms. The minimum absolute atomic E-state index is 0.240. The third-order valence-corrected chi connectivity index (χ3v) is 2.56. The summed E-state index contributed by atoms with van der Waals surface area (Å²) in [5.41, 5.74) is 8.10. The van der Waals surface area contributed by atoms with Crippen molar-refractivity contribution in [3.05, 3.63) is 59.9 Å². The standard InChI is InChI=1S/C13H10FNS/c14-12-3-1-2-11(8-12)9-4-6-10(7-5-9)13(15)16/h1-8H,(H2,15,16). The van der Waals surface area contributed by atoms with Gasteiger partial charge in [0.25, 0.3) is 0 Å². The fourth-order valence-corrected chi connectivity index (χ4v) is 1.63. The highest BCUT2D eigenvalue weighted by Gasteiger charge is 2.00. The van der Waals surface area contributed by atoms with Gasteiger partial charge in [-0.05, 0) is 23.3 Å². The zero-order valence-corrected chi connectivity index (χ0v) is 9.30. The van der Waals surface area contributed by atoms with Crippen molar-refractivity contribution in [3.8, 4) is 11.1 Å². The topological polar surface area (TPSA) is 26.0 Å². The largest absolute Gasteiger partial charge is 0.389 e. The molecule has 0 spiro atoms. The zero-order chi connectivity index (χ0) is 11.5. The lowest BCUT2D eigenvalue weighted by Crippen LogP contribution is -2.08. The molecule has 2 rings (SSSR count). The van der Waals surface area contributed by atoms with Crippen LogP contribution in [0.1, 0.15) is 5.56 Å². The Morgan fingerprint density at radius 1 is 1.00 bits per heavy atom. The van der Waals surface area contributed by atoms with E-state index >= 15 is 0 Å². The van der Waals surface area contributed by atoms with Gasteiger partial charge in [-0.15, -0.1) is 0 Å². The Bertz CT molecular complexity index is 520. The maximum Gasteiger partial charge on any atom is 0.123 e. The Morgan fingerprint density at radius 2 is 1.69 bits per heavy atom. The molecule has 0 aliphatic carbocycles. The summed E-state index contributed by atoms with van der Waals surface area (Å²) in [6, 6.07) is 13.9. The van der Waals surface area contributed by atoms with Crippen LogP contribution in [-0.2, 0) is 0 Å². The molecule has 80 valence electrons. The first-order chi connectivity index (χ1) is 7.66. The highest BCUT2D eigenvalue weighted by atomic mass is 32.1. The molecule has 0 heterocycles. The van der Waals surface area contributed by atoms with Crippen LogP contribution in [0.4, 0.5) is 4.39 Å². The van der Waals surface area contributed by atoms with Gasteiger partial charge >= 0.3 is 0 Å². The summed E-state index contributed by atoms with van der Waals surface area (Å²) in [4.78, 5) is 0.366. The molecule has 2 aromatic rings. The van der Waals surface area contributed by atoms with Crippen LogP contribution in [0.15, 0.2) is 48.5 Å². The smallest absolute Gasteiger partial charge is 0.123 e. The van der Waals surface area contributed by atoms with Crippen molar-refractivity contribution >= 4 is 17.2 Å². The summed E-state index contributed by atoms with van der Waals surface area (Å²) >= 11 is 4.86. The number of halogens is 1. The lowest BCUT2D eigenvalue weighted by Gasteiger charge is -2.03. The molecule has 0 amide bonds. The second kappa shape index (κ2) is 4.41. The van der Waals surface area contributed by atoms with E-state index in [4.69, 9.17) is 18.0 Å². The maximum atomic E-state index is 13.0. The van der Waals surface area contributed by atoms with Crippen LogP contribution in [0.5, 0.6) is 0 Å². The van der Waals surface area contributed by atoms with Crippen molar-refractivity contribution in [2.24, 2.45) is 5.73 Å². The average molecular weight is 231 g/mol. The first-order valence-electron chi connectivity index (χ1n) is 4.82. The fourth-order valence-electron chi connectivity index (χ4n) is 1.49. The molecule has 2 aromatic carbocycles. The van der Waals surface area contributed by atoms with Gasteiger partial charge in [0.1, 0.15) is 10.8 Å². The highest BCUT2D eigenvalue weighted by molar-refractivity contribution is 7.80. The number of nitrogens with two attached hydrogens (primary N) is 1. The number of benzene rings is 2. The van der Waals surface area contributed by atoms with E-state index in [1.54, 1.807) is 6.07 Å². The van der Waals surface area contributed by atoms with Gasteiger partial charge in [0.15, 0.2) is 0 Å². The van der Waals surface area contributed by atoms with Gasteiger partial charge < -0.3 is 5.73 Å². The van der Waals surface area contributed by atoms with Crippen LogP contribution in [-0.4, -0.2) is 4.99 Å². The molecule has 1 nitrogen and oxygen atoms in total. The lowest BCUT2D eigenvalue weighted by molar-refractivity contribution is 0.628. The monoisotopic (exact) mass is 231 g/mol. The van der Waals surface area contributed by atoms with Crippen LogP contribution < -0.4 is 5.73 Å². The van der Waals surface area contributed by atoms with E-state index in [-0.39, 0.29) is 5.82 Å². The van der Waals surface area contributed by atoms with E-state index in [9.17, 15) is 4.39 Å². The summed E-state index contributed by atoms with van der Waals surface area (Å²) in [6.07, 6.45) is 0. The third-order valence-electron chi connectivity index (χ3n) is 2.33. The molecule has 0 fully saturated rings. The van der Waals surface area contributed by atoms with Gasteiger partial charge in [-0.3, -0.25) is 0 Å². The minimum atomic E-state index is -0.240. The molecule has 3 heteroatoms. The Labute approximate surface area is 98.7 Å². The van der Waals surface area contributed by atoms with E-state index in [1.807, 2.05) is 30.3 Å². The second-order valence-electron chi connectivity index (χ2n) is 3.45. The lowest BCUT2D eigenvalue weighted by atomic mass is 10.0. The van der Waals surface area contributed by atoms with E-state index in [1.165, 1.54) is 12.1 Å². The number of hydrogen-bond donors (Lipinski definition) is 1. The number of hydrogen-bond acceptors (Lipinski definition) is 1. The van der Waals surface area contributed by atoms with Gasteiger partial charge in [0, 0.05) is 5.56 Å². The second-order valence-corrected chi connectivity index (χ2v) is 3.89. The summed E-state index contributed by atoms with van der Waals surface area (Å²) in [6.45, 7) is 0. The first-order valence-corrected chi connectivity index (χ1v) is 5.23.